The molecule has 28 heavy (non-hydrogen) atoms. The molecule has 0 unspecified atom stereocenters. The van der Waals surface area contributed by atoms with Crippen LogP contribution in [0.3, 0.4) is 0 Å². The van der Waals surface area contributed by atoms with E-state index in [0.29, 0.717) is 16.3 Å². The topological polar surface area (TPSA) is 55.4 Å². The number of rotatable bonds is 6. The van der Waals surface area contributed by atoms with E-state index in [4.69, 9.17) is 16.3 Å². The largest absolute Gasteiger partial charge is 0.465 e. The Balaban J connectivity index is 1.83. The Kier molecular flexibility index (Phi) is 6.45. The Labute approximate surface area is 169 Å². The zero-order valence-corrected chi connectivity index (χ0v) is 16.1. The Morgan fingerprint density at radius 2 is 1.50 bits per heavy atom. The number of hydrogen-bond acceptors (Lipinski definition) is 3. The van der Waals surface area contributed by atoms with Crippen molar-refractivity contribution in [2.75, 3.05) is 12.4 Å². The van der Waals surface area contributed by atoms with E-state index in [1.807, 2.05) is 60.7 Å². The van der Waals surface area contributed by atoms with E-state index in [0.717, 1.165) is 11.1 Å². The Bertz CT molecular complexity index is 919. The summed E-state index contributed by atoms with van der Waals surface area (Å²) >= 11 is 6.19. The van der Waals surface area contributed by atoms with Crippen molar-refractivity contribution in [3.8, 4) is 0 Å². The van der Waals surface area contributed by atoms with E-state index in [9.17, 15) is 9.59 Å². The van der Waals surface area contributed by atoms with Crippen molar-refractivity contribution >= 4 is 29.2 Å². The standard InChI is InChI=1S/C23H20ClNO3/c1-28-23(27)18-12-13-20(24)21(14-18)25-22(26)15-19(16-8-4-2-5-9-16)17-10-6-3-7-11-17/h2-14,19H,15H2,1H3,(H,25,26). The second-order valence-electron chi connectivity index (χ2n) is 6.31. The number of benzene rings is 3. The third-order valence-electron chi connectivity index (χ3n) is 4.45. The highest BCUT2D eigenvalue weighted by atomic mass is 35.5. The molecule has 3 rings (SSSR count). The molecule has 0 fully saturated rings. The van der Waals surface area contributed by atoms with Crippen LogP contribution in [-0.4, -0.2) is 19.0 Å². The maximum atomic E-state index is 12.8. The second-order valence-corrected chi connectivity index (χ2v) is 6.72. The van der Waals surface area contributed by atoms with E-state index in [2.05, 4.69) is 5.32 Å². The van der Waals surface area contributed by atoms with Gasteiger partial charge in [-0.05, 0) is 29.3 Å². The molecular weight excluding hydrogens is 374 g/mol. The Hall–Kier alpha value is -3.11. The van der Waals surface area contributed by atoms with Gasteiger partial charge in [0.1, 0.15) is 0 Å². The normalized spacial score (nSPS) is 10.5. The van der Waals surface area contributed by atoms with Crippen molar-refractivity contribution in [2.45, 2.75) is 12.3 Å². The number of carbonyl (C=O) groups excluding carboxylic acids is 2. The van der Waals surface area contributed by atoms with E-state index in [1.54, 1.807) is 12.1 Å². The molecule has 0 saturated heterocycles. The number of carbonyl (C=O) groups is 2. The molecule has 4 nitrogen and oxygen atoms in total. The lowest BCUT2D eigenvalue weighted by molar-refractivity contribution is -0.116. The summed E-state index contributed by atoms with van der Waals surface area (Å²) in [6.45, 7) is 0. The van der Waals surface area contributed by atoms with Crippen molar-refractivity contribution in [3.05, 3.63) is 101 Å². The SMILES string of the molecule is COC(=O)c1ccc(Cl)c(NC(=O)CC(c2ccccc2)c2ccccc2)c1. The number of esters is 1. The van der Waals surface area contributed by atoms with Crippen LogP contribution in [0.4, 0.5) is 5.69 Å². The fraction of sp³-hybridized carbons (Fsp3) is 0.130. The minimum atomic E-state index is -0.487. The number of halogens is 1. The molecule has 0 aromatic heterocycles. The van der Waals surface area contributed by atoms with Crippen molar-refractivity contribution in [2.24, 2.45) is 0 Å². The van der Waals surface area contributed by atoms with Crippen molar-refractivity contribution in [1.29, 1.82) is 0 Å². The van der Waals surface area contributed by atoms with E-state index in [-0.39, 0.29) is 18.2 Å². The van der Waals surface area contributed by atoms with E-state index >= 15 is 0 Å². The molecule has 0 aliphatic carbocycles. The molecule has 142 valence electrons. The smallest absolute Gasteiger partial charge is 0.337 e. The first-order chi connectivity index (χ1) is 13.6. The summed E-state index contributed by atoms with van der Waals surface area (Å²) in [5, 5.41) is 3.18. The van der Waals surface area contributed by atoms with Crippen molar-refractivity contribution in [1.82, 2.24) is 0 Å². The molecule has 0 aliphatic heterocycles. The van der Waals surface area contributed by atoms with Crippen LogP contribution in [0, 0.1) is 0 Å². The number of amides is 1. The summed E-state index contributed by atoms with van der Waals surface area (Å²) in [4.78, 5) is 24.5. The van der Waals surface area contributed by atoms with Gasteiger partial charge in [0.2, 0.25) is 5.91 Å². The highest BCUT2D eigenvalue weighted by molar-refractivity contribution is 6.33. The number of methoxy groups -OCH3 is 1. The maximum absolute atomic E-state index is 12.8. The summed E-state index contributed by atoms with van der Waals surface area (Å²) in [6.07, 6.45) is 0.243. The Morgan fingerprint density at radius 3 is 2.04 bits per heavy atom. The van der Waals surface area contributed by atoms with Gasteiger partial charge in [-0.25, -0.2) is 4.79 Å². The third kappa shape index (κ3) is 4.78. The molecule has 0 spiro atoms. The first kappa shape index (κ1) is 19.6. The number of hydrogen-bond donors (Lipinski definition) is 1. The van der Waals surface area contributed by atoms with Crippen LogP contribution >= 0.6 is 11.6 Å². The van der Waals surface area contributed by atoms with Crippen LogP contribution in [0.2, 0.25) is 5.02 Å². The molecule has 5 heteroatoms. The molecule has 0 aliphatic rings. The molecule has 0 atom stereocenters. The van der Waals surface area contributed by atoms with Gasteiger partial charge >= 0.3 is 5.97 Å². The minimum absolute atomic E-state index is 0.0926. The second kappa shape index (κ2) is 9.20. The van der Waals surface area contributed by atoms with Crippen LogP contribution in [0.25, 0.3) is 0 Å². The molecular formula is C23H20ClNO3. The van der Waals surface area contributed by atoms with Gasteiger partial charge in [0.25, 0.3) is 0 Å². The summed E-state index contributed by atoms with van der Waals surface area (Å²) < 4.78 is 4.72. The minimum Gasteiger partial charge on any atom is -0.465 e. The zero-order valence-electron chi connectivity index (χ0n) is 15.4. The molecule has 0 heterocycles. The zero-order chi connectivity index (χ0) is 19.9. The lowest BCUT2D eigenvalue weighted by Crippen LogP contribution is -2.17. The average Bonchev–Trinajstić information content (AvgIpc) is 2.74. The first-order valence-electron chi connectivity index (χ1n) is 8.86. The highest BCUT2D eigenvalue weighted by Gasteiger charge is 2.19. The molecule has 1 N–H and O–H groups in total. The summed E-state index contributed by atoms with van der Waals surface area (Å²) in [5.74, 6) is -0.773. The van der Waals surface area contributed by atoms with Gasteiger partial charge in [0.05, 0.1) is 23.4 Å². The van der Waals surface area contributed by atoms with E-state index < -0.39 is 5.97 Å². The molecule has 3 aromatic rings. The van der Waals surface area contributed by atoms with Crippen molar-refractivity contribution < 1.29 is 14.3 Å². The number of anilines is 1. The number of ether oxygens (including phenoxy) is 1. The molecule has 1 amide bonds. The van der Waals surface area contributed by atoms with Crippen LogP contribution in [0.5, 0.6) is 0 Å². The molecule has 0 radical (unpaired) electrons. The maximum Gasteiger partial charge on any atom is 0.337 e. The van der Waals surface area contributed by atoms with Gasteiger partial charge in [0, 0.05) is 12.3 Å². The predicted molar refractivity (Wildman–Crippen MR) is 111 cm³/mol. The fourth-order valence-corrected chi connectivity index (χ4v) is 3.22. The lowest BCUT2D eigenvalue weighted by atomic mass is 9.88. The predicted octanol–water partition coefficient (Wildman–Crippen LogP) is 5.29. The molecule has 3 aromatic carbocycles. The summed E-state index contributed by atoms with van der Waals surface area (Å²) in [6, 6.07) is 24.4. The number of nitrogens with one attached hydrogen (secondary N) is 1. The average molecular weight is 394 g/mol. The van der Waals surface area contributed by atoms with Gasteiger partial charge in [-0.1, -0.05) is 72.3 Å². The van der Waals surface area contributed by atoms with Gasteiger partial charge in [-0.2, -0.15) is 0 Å². The highest BCUT2D eigenvalue weighted by Crippen LogP contribution is 2.29. The van der Waals surface area contributed by atoms with Gasteiger partial charge in [-0.3, -0.25) is 4.79 Å². The lowest BCUT2D eigenvalue weighted by Gasteiger charge is -2.18. The quantitative estimate of drug-likeness (QED) is 0.579. The molecule has 0 bridgehead atoms. The molecule has 0 saturated carbocycles. The Morgan fingerprint density at radius 1 is 0.929 bits per heavy atom. The monoisotopic (exact) mass is 393 g/mol. The van der Waals surface area contributed by atoms with Gasteiger partial charge in [-0.15, -0.1) is 0 Å². The van der Waals surface area contributed by atoms with Crippen LogP contribution in [0.15, 0.2) is 78.9 Å². The van der Waals surface area contributed by atoms with Crippen LogP contribution in [0.1, 0.15) is 33.8 Å². The van der Waals surface area contributed by atoms with Gasteiger partial charge < -0.3 is 10.1 Å². The third-order valence-corrected chi connectivity index (χ3v) is 4.78. The van der Waals surface area contributed by atoms with Gasteiger partial charge in [0.15, 0.2) is 0 Å². The summed E-state index contributed by atoms with van der Waals surface area (Å²) in [7, 11) is 1.31. The van der Waals surface area contributed by atoms with E-state index in [1.165, 1.54) is 13.2 Å². The van der Waals surface area contributed by atoms with Crippen LogP contribution < -0.4 is 5.32 Å². The summed E-state index contributed by atoms with van der Waals surface area (Å²) in [5.41, 5.74) is 2.82. The van der Waals surface area contributed by atoms with Crippen LogP contribution in [-0.2, 0) is 9.53 Å². The first-order valence-corrected chi connectivity index (χ1v) is 9.24. The van der Waals surface area contributed by atoms with Crippen molar-refractivity contribution in [3.63, 3.8) is 0 Å². The fourth-order valence-electron chi connectivity index (χ4n) is 3.05.